The van der Waals surface area contributed by atoms with Gasteiger partial charge in [0.2, 0.25) is 0 Å². The lowest BCUT2D eigenvalue weighted by Crippen LogP contribution is -2.08. The SMILES string of the molecule is Cc1cc(Br)c(C)c(C(C)N)c1O. The van der Waals surface area contributed by atoms with Gasteiger partial charge in [-0.25, -0.2) is 0 Å². The van der Waals surface area contributed by atoms with E-state index in [1.165, 1.54) is 0 Å². The Morgan fingerprint density at radius 1 is 1.46 bits per heavy atom. The molecule has 0 saturated heterocycles. The van der Waals surface area contributed by atoms with Crippen molar-refractivity contribution in [3.05, 3.63) is 27.2 Å². The van der Waals surface area contributed by atoms with E-state index in [0.29, 0.717) is 5.75 Å². The molecule has 3 heteroatoms. The van der Waals surface area contributed by atoms with E-state index in [1.54, 1.807) is 0 Å². The summed E-state index contributed by atoms with van der Waals surface area (Å²) in [6, 6.07) is 1.76. The van der Waals surface area contributed by atoms with Crippen molar-refractivity contribution in [2.24, 2.45) is 5.73 Å². The molecule has 0 bridgehead atoms. The molecule has 0 aliphatic heterocycles. The highest BCUT2D eigenvalue weighted by Gasteiger charge is 2.14. The van der Waals surface area contributed by atoms with E-state index in [4.69, 9.17) is 5.73 Å². The van der Waals surface area contributed by atoms with Gasteiger partial charge >= 0.3 is 0 Å². The molecule has 0 fully saturated rings. The minimum absolute atomic E-state index is 0.142. The van der Waals surface area contributed by atoms with Crippen LogP contribution in [-0.4, -0.2) is 5.11 Å². The van der Waals surface area contributed by atoms with Crippen LogP contribution in [0, 0.1) is 13.8 Å². The van der Waals surface area contributed by atoms with Crippen molar-refractivity contribution >= 4 is 15.9 Å². The average Bonchev–Trinajstić information content (AvgIpc) is 2.01. The zero-order chi connectivity index (χ0) is 10.2. The molecular formula is C10H14BrNO. The van der Waals surface area contributed by atoms with Gasteiger partial charge in [0.05, 0.1) is 0 Å². The summed E-state index contributed by atoms with van der Waals surface area (Å²) in [6.45, 7) is 5.68. The molecule has 1 aromatic rings. The first-order valence-electron chi connectivity index (χ1n) is 4.19. The third-order valence-electron chi connectivity index (χ3n) is 2.19. The maximum absolute atomic E-state index is 9.77. The predicted molar refractivity (Wildman–Crippen MR) is 57.9 cm³/mol. The first kappa shape index (κ1) is 10.5. The summed E-state index contributed by atoms with van der Waals surface area (Å²) >= 11 is 3.43. The van der Waals surface area contributed by atoms with Gasteiger partial charge < -0.3 is 10.8 Å². The number of hydrogen-bond acceptors (Lipinski definition) is 2. The molecule has 0 heterocycles. The summed E-state index contributed by atoms with van der Waals surface area (Å²) in [5.41, 5.74) is 8.46. The number of phenols is 1. The summed E-state index contributed by atoms with van der Waals surface area (Å²) in [7, 11) is 0. The highest BCUT2D eigenvalue weighted by atomic mass is 79.9. The highest BCUT2D eigenvalue weighted by molar-refractivity contribution is 9.10. The molecule has 1 unspecified atom stereocenters. The maximum Gasteiger partial charge on any atom is 0.123 e. The van der Waals surface area contributed by atoms with Crippen LogP contribution in [0.5, 0.6) is 5.75 Å². The fraction of sp³-hybridized carbons (Fsp3) is 0.400. The highest BCUT2D eigenvalue weighted by Crippen LogP contribution is 2.34. The third kappa shape index (κ3) is 1.86. The predicted octanol–water partition coefficient (Wildman–Crippen LogP) is 2.79. The van der Waals surface area contributed by atoms with Crippen molar-refractivity contribution < 1.29 is 5.11 Å². The lowest BCUT2D eigenvalue weighted by atomic mass is 9.99. The largest absolute Gasteiger partial charge is 0.507 e. The minimum Gasteiger partial charge on any atom is -0.507 e. The summed E-state index contributed by atoms with van der Waals surface area (Å²) in [4.78, 5) is 0. The molecule has 0 aliphatic rings. The van der Waals surface area contributed by atoms with Gasteiger partial charge in [0.15, 0.2) is 0 Å². The second-order valence-corrected chi connectivity index (χ2v) is 4.21. The second-order valence-electron chi connectivity index (χ2n) is 3.35. The van der Waals surface area contributed by atoms with Gasteiger partial charge in [-0.15, -0.1) is 0 Å². The molecule has 0 spiro atoms. The molecule has 1 aromatic carbocycles. The van der Waals surface area contributed by atoms with Crippen LogP contribution >= 0.6 is 15.9 Å². The van der Waals surface area contributed by atoms with Crippen molar-refractivity contribution in [3.63, 3.8) is 0 Å². The Hall–Kier alpha value is -0.540. The molecular weight excluding hydrogens is 230 g/mol. The standard InChI is InChI=1S/C10H14BrNO/c1-5-4-8(11)6(2)9(7(3)12)10(5)13/h4,7,13H,12H2,1-3H3. The number of halogens is 1. The molecule has 13 heavy (non-hydrogen) atoms. The number of aryl methyl sites for hydroxylation is 1. The summed E-state index contributed by atoms with van der Waals surface area (Å²) in [5.74, 6) is 0.315. The van der Waals surface area contributed by atoms with Crippen LogP contribution in [0.15, 0.2) is 10.5 Å². The normalized spacial score (nSPS) is 13.0. The number of nitrogens with two attached hydrogens (primary N) is 1. The smallest absolute Gasteiger partial charge is 0.123 e. The number of aromatic hydroxyl groups is 1. The van der Waals surface area contributed by atoms with Crippen molar-refractivity contribution in [1.82, 2.24) is 0 Å². The maximum atomic E-state index is 9.77. The van der Waals surface area contributed by atoms with Crippen LogP contribution in [0.1, 0.15) is 29.7 Å². The quantitative estimate of drug-likeness (QED) is 0.797. The summed E-state index contributed by atoms with van der Waals surface area (Å²) in [5, 5.41) is 9.77. The van der Waals surface area contributed by atoms with E-state index < -0.39 is 0 Å². The van der Waals surface area contributed by atoms with Gasteiger partial charge in [-0.1, -0.05) is 15.9 Å². The Kier molecular flexibility index (Phi) is 2.98. The number of rotatable bonds is 1. The number of benzene rings is 1. The Bertz CT molecular complexity index is 308. The van der Waals surface area contributed by atoms with Crippen molar-refractivity contribution in [2.75, 3.05) is 0 Å². The van der Waals surface area contributed by atoms with Crippen LogP contribution in [0.4, 0.5) is 0 Å². The van der Waals surface area contributed by atoms with Gasteiger partial charge in [-0.2, -0.15) is 0 Å². The molecule has 1 atom stereocenters. The average molecular weight is 244 g/mol. The molecule has 2 nitrogen and oxygen atoms in total. The fourth-order valence-corrected chi connectivity index (χ4v) is 2.00. The van der Waals surface area contributed by atoms with Crippen LogP contribution in [0.25, 0.3) is 0 Å². The van der Waals surface area contributed by atoms with E-state index in [1.807, 2.05) is 26.8 Å². The number of hydrogen-bond donors (Lipinski definition) is 2. The third-order valence-corrected chi connectivity index (χ3v) is 3.01. The molecule has 0 aromatic heterocycles. The molecule has 0 amide bonds. The second kappa shape index (κ2) is 3.68. The minimum atomic E-state index is -0.142. The summed E-state index contributed by atoms with van der Waals surface area (Å²) < 4.78 is 0.995. The zero-order valence-corrected chi connectivity index (χ0v) is 9.64. The topological polar surface area (TPSA) is 46.2 Å². The molecule has 1 rings (SSSR count). The van der Waals surface area contributed by atoms with Gasteiger partial charge in [-0.3, -0.25) is 0 Å². The van der Waals surface area contributed by atoms with Gasteiger partial charge in [0.1, 0.15) is 5.75 Å². The van der Waals surface area contributed by atoms with E-state index in [9.17, 15) is 5.11 Å². The van der Waals surface area contributed by atoms with Gasteiger partial charge in [0.25, 0.3) is 0 Å². The zero-order valence-electron chi connectivity index (χ0n) is 8.06. The van der Waals surface area contributed by atoms with Crippen LogP contribution in [-0.2, 0) is 0 Å². The van der Waals surface area contributed by atoms with Gasteiger partial charge in [0, 0.05) is 16.1 Å². The molecule has 72 valence electrons. The van der Waals surface area contributed by atoms with Crippen molar-refractivity contribution in [1.29, 1.82) is 0 Å². The monoisotopic (exact) mass is 243 g/mol. The Balaban J connectivity index is 3.46. The first-order valence-corrected chi connectivity index (χ1v) is 4.98. The van der Waals surface area contributed by atoms with Crippen LogP contribution in [0.2, 0.25) is 0 Å². The lowest BCUT2D eigenvalue weighted by Gasteiger charge is -2.15. The lowest BCUT2D eigenvalue weighted by molar-refractivity contribution is 0.458. The molecule has 0 aliphatic carbocycles. The fourth-order valence-electron chi connectivity index (χ4n) is 1.44. The summed E-state index contributed by atoms with van der Waals surface area (Å²) in [6.07, 6.45) is 0. The van der Waals surface area contributed by atoms with Crippen LogP contribution < -0.4 is 5.73 Å². The molecule has 3 N–H and O–H groups in total. The van der Waals surface area contributed by atoms with E-state index >= 15 is 0 Å². The molecule has 0 saturated carbocycles. The Morgan fingerprint density at radius 2 is 2.00 bits per heavy atom. The number of phenolic OH excluding ortho intramolecular Hbond substituents is 1. The van der Waals surface area contributed by atoms with Gasteiger partial charge in [-0.05, 0) is 38.0 Å². The molecule has 0 radical (unpaired) electrons. The van der Waals surface area contributed by atoms with Crippen molar-refractivity contribution in [2.45, 2.75) is 26.8 Å². The van der Waals surface area contributed by atoms with Crippen molar-refractivity contribution in [3.8, 4) is 5.75 Å². The van der Waals surface area contributed by atoms with E-state index in [2.05, 4.69) is 15.9 Å². The van der Waals surface area contributed by atoms with E-state index in [-0.39, 0.29) is 6.04 Å². The Morgan fingerprint density at radius 3 is 2.46 bits per heavy atom. The Labute approximate surface area is 86.9 Å². The first-order chi connectivity index (χ1) is 5.95. The van der Waals surface area contributed by atoms with E-state index in [0.717, 1.165) is 21.2 Å². The van der Waals surface area contributed by atoms with Crippen LogP contribution in [0.3, 0.4) is 0 Å².